The molecule has 1 N–H and O–H groups in total. The summed E-state index contributed by atoms with van der Waals surface area (Å²) in [7, 11) is 0. The van der Waals surface area contributed by atoms with Crippen molar-refractivity contribution in [2.75, 3.05) is 6.54 Å². The number of amides is 1. The van der Waals surface area contributed by atoms with E-state index >= 15 is 0 Å². The Kier molecular flexibility index (Phi) is 6.00. The van der Waals surface area contributed by atoms with E-state index in [-0.39, 0.29) is 18.0 Å². The first-order valence-electron chi connectivity index (χ1n) is 9.02. The van der Waals surface area contributed by atoms with Gasteiger partial charge in [0.25, 0.3) is 0 Å². The normalized spacial score (nSPS) is 15.6. The van der Waals surface area contributed by atoms with Crippen LogP contribution in [0.25, 0.3) is 0 Å². The number of nitrogens with one attached hydrogen (secondary N) is 1. The molecule has 0 radical (unpaired) electrons. The van der Waals surface area contributed by atoms with Gasteiger partial charge in [-0.05, 0) is 42.7 Å². The van der Waals surface area contributed by atoms with Crippen LogP contribution in [0.1, 0.15) is 42.4 Å². The highest BCUT2D eigenvalue weighted by molar-refractivity contribution is 6.30. The second-order valence-corrected chi connectivity index (χ2v) is 7.26. The van der Waals surface area contributed by atoms with Crippen LogP contribution in [-0.2, 0) is 16.4 Å². The molecule has 2 nitrogen and oxygen atoms in total. The maximum Gasteiger partial charge on any atom is 0.417 e. The molecule has 0 aromatic heterocycles. The van der Waals surface area contributed by atoms with Gasteiger partial charge in [0, 0.05) is 10.6 Å². The summed E-state index contributed by atoms with van der Waals surface area (Å²) in [5, 5.41) is 3.38. The van der Waals surface area contributed by atoms with E-state index in [4.69, 9.17) is 11.6 Å². The van der Waals surface area contributed by atoms with Crippen LogP contribution in [0.4, 0.5) is 13.2 Å². The first-order chi connectivity index (χ1) is 13.3. The first-order valence-corrected chi connectivity index (χ1v) is 9.40. The average Bonchev–Trinajstić information content (AvgIpc) is 3.16. The molecule has 0 heterocycles. The Balaban J connectivity index is 1.73. The fraction of sp³-hybridized carbons (Fsp3) is 0.318. The van der Waals surface area contributed by atoms with E-state index in [0.717, 1.165) is 37.3 Å². The molecular weight excluding hydrogens is 387 g/mol. The molecule has 1 fully saturated rings. The topological polar surface area (TPSA) is 29.1 Å². The van der Waals surface area contributed by atoms with E-state index in [1.807, 2.05) is 12.1 Å². The molecule has 0 saturated heterocycles. The summed E-state index contributed by atoms with van der Waals surface area (Å²) >= 11 is 5.95. The summed E-state index contributed by atoms with van der Waals surface area (Å²) < 4.78 is 39.0. The maximum absolute atomic E-state index is 13.0. The minimum atomic E-state index is -4.46. The zero-order valence-corrected chi connectivity index (χ0v) is 15.8. The van der Waals surface area contributed by atoms with Crippen LogP contribution < -0.4 is 5.32 Å². The summed E-state index contributed by atoms with van der Waals surface area (Å²) in [4.78, 5) is 12.9. The third-order valence-corrected chi connectivity index (χ3v) is 5.33. The molecule has 146 valence electrons. The summed E-state index contributed by atoms with van der Waals surface area (Å²) in [6, 6.07) is 12.4. The number of alkyl halides is 3. The van der Waals surface area contributed by atoms with Crippen molar-refractivity contribution in [2.45, 2.75) is 37.3 Å². The third kappa shape index (κ3) is 4.34. The Morgan fingerprint density at radius 1 is 1.07 bits per heavy atom. The highest BCUT2D eigenvalue weighted by Gasteiger charge is 2.42. The largest absolute Gasteiger partial charge is 0.417 e. The third-order valence-electron chi connectivity index (χ3n) is 5.08. The van der Waals surface area contributed by atoms with Gasteiger partial charge in [-0.15, -0.1) is 0 Å². The molecule has 6 heteroatoms. The highest BCUT2D eigenvalue weighted by Crippen LogP contribution is 2.41. The zero-order chi connectivity index (χ0) is 20.2. The maximum atomic E-state index is 13.0. The van der Waals surface area contributed by atoms with Gasteiger partial charge in [0.2, 0.25) is 5.91 Å². The Morgan fingerprint density at radius 3 is 2.36 bits per heavy atom. The lowest BCUT2D eigenvalue weighted by atomic mass is 9.78. The fourth-order valence-corrected chi connectivity index (χ4v) is 3.79. The molecule has 3 rings (SSSR count). The van der Waals surface area contributed by atoms with Crippen LogP contribution in [0.2, 0.25) is 5.02 Å². The lowest BCUT2D eigenvalue weighted by Crippen LogP contribution is -2.42. The lowest BCUT2D eigenvalue weighted by molar-refractivity contribution is -0.137. The van der Waals surface area contributed by atoms with Crippen molar-refractivity contribution in [3.8, 4) is 11.8 Å². The molecular formula is C22H19ClF3NO. The van der Waals surface area contributed by atoms with Gasteiger partial charge in [-0.2, -0.15) is 13.2 Å². The second kappa shape index (κ2) is 8.28. The average molecular weight is 406 g/mol. The minimum absolute atomic E-state index is 0.0135. The van der Waals surface area contributed by atoms with E-state index in [1.54, 1.807) is 12.1 Å². The first kappa shape index (κ1) is 20.3. The van der Waals surface area contributed by atoms with Crippen molar-refractivity contribution >= 4 is 17.5 Å². The SMILES string of the molecule is O=C(NCC#Cc1ccccc1C(F)(F)F)C1(c2ccc(Cl)cc2)CCCC1. The molecule has 0 bridgehead atoms. The molecule has 0 aliphatic heterocycles. The van der Waals surface area contributed by atoms with Crippen molar-refractivity contribution in [1.82, 2.24) is 5.32 Å². The van der Waals surface area contributed by atoms with Crippen LogP contribution in [0.3, 0.4) is 0 Å². The van der Waals surface area contributed by atoms with Crippen LogP contribution >= 0.6 is 11.6 Å². The van der Waals surface area contributed by atoms with Gasteiger partial charge in [-0.25, -0.2) is 0 Å². The van der Waals surface area contributed by atoms with Gasteiger partial charge >= 0.3 is 6.18 Å². The van der Waals surface area contributed by atoms with E-state index in [9.17, 15) is 18.0 Å². The summed E-state index contributed by atoms with van der Waals surface area (Å²) in [5.74, 6) is 5.02. The van der Waals surface area contributed by atoms with Crippen molar-refractivity contribution in [3.63, 3.8) is 0 Å². The number of hydrogen-bond donors (Lipinski definition) is 1. The fourth-order valence-electron chi connectivity index (χ4n) is 3.67. The molecule has 28 heavy (non-hydrogen) atoms. The van der Waals surface area contributed by atoms with Crippen LogP contribution in [0.15, 0.2) is 48.5 Å². The number of hydrogen-bond acceptors (Lipinski definition) is 1. The predicted molar refractivity (Wildman–Crippen MR) is 103 cm³/mol. The minimum Gasteiger partial charge on any atom is -0.344 e. The predicted octanol–water partition coefficient (Wildman–Crippen LogP) is 5.34. The smallest absolute Gasteiger partial charge is 0.344 e. The van der Waals surface area contributed by atoms with E-state index in [2.05, 4.69) is 17.2 Å². The molecule has 1 amide bonds. The summed E-state index contributed by atoms with van der Waals surface area (Å²) in [6.07, 6.45) is -1.12. The Bertz CT molecular complexity index is 904. The zero-order valence-electron chi connectivity index (χ0n) is 15.1. The number of benzene rings is 2. The number of carbonyl (C=O) groups is 1. The van der Waals surface area contributed by atoms with Gasteiger partial charge in [0.05, 0.1) is 17.5 Å². The summed E-state index contributed by atoms with van der Waals surface area (Å²) in [6.45, 7) is -0.0135. The molecule has 1 aliphatic rings. The Labute approximate surface area is 167 Å². The molecule has 1 saturated carbocycles. The Morgan fingerprint density at radius 2 is 1.71 bits per heavy atom. The number of halogens is 4. The lowest BCUT2D eigenvalue weighted by Gasteiger charge is -2.28. The summed E-state index contributed by atoms with van der Waals surface area (Å²) in [5.41, 5.74) is -0.599. The Hall–Kier alpha value is -2.45. The highest BCUT2D eigenvalue weighted by atomic mass is 35.5. The van der Waals surface area contributed by atoms with Crippen molar-refractivity contribution in [1.29, 1.82) is 0 Å². The number of carbonyl (C=O) groups excluding carboxylic acids is 1. The quantitative estimate of drug-likeness (QED) is 0.686. The molecule has 2 aromatic carbocycles. The van der Waals surface area contributed by atoms with Crippen molar-refractivity contribution < 1.29 is 18.0 Å². The van der Waals surface area contributed by atoms with E-state index in [0.29, 0.717) is 5.02 Å². The van der Waals surface area contributed by atoms with Crippen LogP contribution in [-0.4, -0.2) is 12.5 Å². The van der Waals surface area contributed by atoms with Gasteiger partial charge in [-0.1, -0.05) is 60.5 Å². The molecule has 0 atom stereocenters. The second-order valence-electron chi connectivity index (χ2n) is 6.82. The van der Waals surface area contributed by atoms with Crippen molar-refractivity contribution in [3.05, 3.63) is 70.2 Å². The van der Waals surface area contributed by atoms with E-state index in [1.165, 1.54) is 18.2 Å². The molecule has 0 unspecified atom stereocenters. The van der Waals surface area contributed by atoms with Gasteiger partial charge in [-0.3, -0.25) is 4.79 Å². The van der Waals surface area contributed by atoms with Gasteiger partial charge < -0.3 is 5.32 Å². The standard InChI is InChI=1S/C22H19ClF3NO/c23-18-11-9-17(10-12-18)21(13-3-4-14-21)20(28)27-15-5-7-16-6-1-2-8-19(16)22(24,25)26/h1-2,6,8-12H,3-4,13-15H2,(H,27,28). The molecule has 2 aromatic rings. The van der Waals surface area contributed by atoms with Crippen LogP contribution in [0.5, 0.6) is 0 Å². The molecule has 1 aliphatic carbocycles. The monoisotopic (exact) mass is 405 g/mol. The molecule has 0 spiro atoms. The van der Waals surface area contributed by atoms with Crippen molar-refractivity contribution in [2.24, 2.45) is 0 Å². The van der Waals surface area contributed by atoms with E-state index < -0.39 is 17.2 Å². The van der Waals surface area contributed by atoms with Crippen LogP contribution in [0, 0.1) is 11.8 Å². The number of rotatable bonds is 3. The van der Waals surface area contributed by atoms with Gasteiger partial charge in [0.1, 0.15) is 0 Å². The van der Waals surface area contributed by atoms with Gasteiger partial charge in [0.15, 0.2) is 0 Å².